The molecule has 14 heavy (non-hydrogen) atoms. The van der Waals surface area contributed by atoms with Gasteiger partial charge in [-0.25, -0.2) is 0 Å². The van der Waals surface area contributed by atoms with Gasteiger partial charge in [-0.05, 0) is 24.3 Å². The Labute approximate surface area is 81.0 Å². The number of hydrogen-bond acceptors (Lipinski definition) is 3. The Kier molecular flexibility index (Phi) is 2.85. The lowest BCUT2D eigenvalue weighted by molar-refractivity contribution is 0.552. The van der Waals surface area contributed by atoms with Crippen LogP contribution in [0.3, 0.4) is 0 Å². The van der Waals surface area contributed by atoms with Crippen molar-refractivity contribution in [2.75, 3.05) is 0 Å². The van der Waals surface area contributed by atoms with Crippen LogP contribution in [0.2, 0.25) is 0 Å². The van der Waals surface area contributed by atoms with Gasteiger partial charge in [0.25, 0.3) is 0 Å². The van der Waals surface area contributed by atoms with Gasteiger partial charge >= 0.3 is 10.2 Å². The molecule has 0 N–H and O–H groups in total. The van der Waals surface area contributed by atoms with Crippen LogP contribution in [-0.4, -0.2) is 8.42 Å². The second-order valence-electron chi connectivity index (χ2n) is 2.32. The van der Waals surface area contributed by atoms with Crippen molar-refractivity contribution in [1.82, 2.24) is 0 Å². The standard InChI is InChI=1S/C9H4FNO2S/c10-14(12,13)9-5-3-8(4-6-9)2-1-7-11/h3-6H. The number of halogens is 1. The van der Waals surface area contributed by atoms with Crippen LogP contribution in [0.1, 0.15) is 5.56 Å². The number of nitriles is 1. The molecule has 0 saturated heterocycles. The lowest BCUT2D eigenvalue weighted by atomic mass is 10.2. The van der Waals surface area contributed by atoms with Gasteiger partial charge in [-0.1, -0.05) is 5.92 Å². The molecule has 3 nitrogen and oxygen atoms in total. The van der Waals surface area contributed by atoms with E-state index in [-0.39, 0.29) is 0 Å². The highest BCUT2D eigenvalue weighted by molar-refractivity contribution is 7.86. The van der Waals surface area contributed by atoms with Gasteiger partial charge in [0, 0.05) is 11.5 Å². The summed E-state index contributed by atoms with van der Waals surface area (Å²) in [6.45, 7) is 0. The van der Waals surface area contributed by atoms with E-state index in [1.165, 1.54) is 12.1 Å². The van der Waals surface area contributed by atoms with Crippen molar-refractivity contribution in [3.8, 4) is 17.9 Å². The third-order valence-electron chi connectivity index (χ3n) is 1.40. The van der Waals surface area contributed by atoms with E-state index in [1.807, 2.05) is 0 Å². The maximum Gasteiger partial charge on any atom is 0.332 e. The van der Waals surface area contributed by atoms with Crippen molar-refractivity contribution < 1.29 is 12.3 Å². The lowest BCUT2D eigenvalue weighted by Gasteiger charge is -1.93. The van der Waals surface area contributed by atoms with Gasteiger partial charge in [0.1, 0.15) is 0 Å². The van der Waals surface area contributed by atoms with E-state index in [0.717, 1.165) is 12.1 Å². The molecule has 0 bridgehead atoms. The van der Waals surface area contributed by atoms with Gasteiger partial charge in [0.2, 0.25) is 0 Å². The zero-order chi connectivity index (χ0) is 10.6. The first kappa shape index (κ1) is 10.2. The monoisotopic (exact) mass is 209 g/mol. The Hall–Kier alpha value is -1.85. The third kappa shape index (κ3) is 2.58. The van der Waals surface area contributed by atoms with E-state index in [1.54, 1.807) is 6.07 Å². The molecular formula is C9H4FNO2S. The molecule has 0 aliphatic heterocycles. The zero-order valence-corrected chi connectivity index (χ0v) is 7.68. The molecule has 0 aliphatic rings. The second kappa shape index (κ2) is 3.91. The zero-order valence-electron chi connectivity index (χ0n) is 6.86. The van der Waals surface area contributed by atoms with E-state index in [4.69, 9.17) is 5.26 Å². The maximum atomic E-state index is 12.4. The minimum Gasteiger partial charge on any atom is -0.189 e. The highest BCUT2D eigenvalue weighted by Gasteiger charge is 2.09. The van der Waals surface area contributed by atoms with Crippen molar-refractivity contribution in [1.29, 1.82) is 5.26 Å². The fourth-order valence-electron chi connectivity index (χ4n) is 0.801. The number of rotatable bonds is 1. The summed E-state index contributed by atoms with van der Waals surface area (Å²) in [5.74, 6) is 4.58. The van der Waals surface area contributed by atoms with Crippen LogP contribution < -0.4 is 0 Å². The van der Waals surface area contributed by atoms with Crippen molar-refractivity contribution in [2.45, 2.75) is 4.90 Å². The highest BCUT2D eigenvalue weighted by atomic mass is 32.3. The molecule has 0 spiro atoms. The van der Waals surface area contributed by atoms with E-state index < -0.39 is 15.1 Å². The summed E-state index contributed by atoms with van der Waals surface area (Å²) in [6.07, 6.45) is 0. The summed E-state index contributed by atoms with van der Waals surface area (Å²) in [7, 11) is -4.65. The Balaban J connectivity index is 3.09. The maximum absolute atomic E-state index is 12.4. The predicted octanol–water partition coefficient (Wildman–Crippen LogP) is 1.22. The van der Waals surface area contributed by atoms with E-state index in [0.29, 0.717) is 5.56 Å². The van der Waals surface area contributed by atoms with Crippen LogP contribution in [0.15, 0.2) is 29.2 Å². The highest BCUT2D eigenvalue weighted by Crippen LogP contribution is 2.12. The van der Waals surface area contributed by atoms with Gasteiger partial charge in [-0.2, -0.15) is 13.7 Å². The summed E-state index contributed by atoms with van der Waals surface area (Å²) in [5, 5.41) is 8.13. The molecule has 1 rings (SSSR count). The molecule has 0 saturated carbocycles. The molecule has 0 aliphatic carbocycles. The first-order valence-corrected chi connectivity index (χ1v) is 4.87. The first-order valence-electron chi connectivity index (χ1n) is 3.49. The SMILES string of the molecule is N#CC#Cc1ccc(S(=O)(=O)F)cc1. The average Bonchev–Trinajstić information content (AvgIpc) is 2.14. The molecule has 70 valence electrons. The fourth-order valence-corrected chi connectivity index (χ4v) is 1.26. The molecule has 0 amide bonds. The van der Waals surface area contributed by atoms with Crippen LogP contribution in [-0.2, 0) is 10.2 Å². The molecular weight excluding hydrogens is 205 g/mol. The van der Waals surface area contributed by atoms with Crippen molar-refractivity contribution in [3.63, 3.8) is 0 Å². The first-order chi connectivity index (χ1) is 6.54. The molecule has 0 atom stereocenters. The van der Waals surface area contributed by atoms with Gasteiger partial charge < -0.3 is 0 Å². The average molecular weight is 209 g/mol. The minimum atomic E-state index is -4.65. The topological polar surface area (TPSA) is 57.9 Å². The molecule has 0 radical (unpaired) electrons. The van der Waals surface area contributed by atoms with Gasteiger partial charge in [-0.15, -0.1) is 3.89 Å². The smallest absolute Gasteiger partial charge is 0.189 e. The molecule has 0 heterocycles. The van der Waals surface area contributed by atoms with Crippen LogP contribution in [0.4, 0.5) is 3.89 Å². The number of nitrogens with zero attached hydrogens (tertiary/aromatic N) is 1. The summed E-state index contributed by atoms with van der Waals surface area (Å²) >= 11 is 0. The molecule has 0 fully saturated rings. The molecule has 1 aromatic rings. The van der Waals surface area contributed by atoms with E-state index >= 15 is 0 Å². The summed E-state index contributed by atoms with van der Waals surface area (Å²) in [6, 6.07) is 6.46. The fraction of sp³-hybridized carbons (Fsp3) is 0. The van der Waals surface area contributed by atoms with E-state index in [9.17, 15) is 12.3 Å². The van der Waals surface area contributed by atoms with Crippen molar-refractivity contribution in [3.05, 3.63) is 29.8 Å². The predicted molar refractivity (Wildman–Crippen MR) is 47.2 cm³/mol. The van der Waals surface area contributed by atoms with Crippen LogP contribution in [0, 0.1) is 23.2 Å². The quantitative estimate of drug-likeness (QED) is 0.516. The van der Waals surface area contributed by atoms with Crippen LogP contribution >= 0.6 is 0 Å². The Morgan fingerprint density at radius 1 is 1.21 bits per heavy atom. The van der Waals surface area contributed by atoms with E-state index in [2.05, 4.69) is 11.8 Å². The van der Waals surface area contributed by atoms with Gasteiger partial charge in [-0.3, -0.25) is 0 Å². The second-order valence-corrected chi connectivity index (χ2v) is 3.67. The number of hydrogen-bond donors (Lipinski definition) is 0. The van der Waals surface area contributed by atoms with Gasteiger partial charge in [0.15, 0.2) is 6.07 Å². The third-order valence-corrected chi connectivity index (χ3v) is 2.23. The van der Waals surface area contributed by atoms with Gasteiger partial charge in [0.05, 0.1) is 4.90 Å². The summed E-state index contributed by atoms with van der Waals surface area (Å²) < 4.78 is 33.2. The van der Waals surface area contributed by atoms with Crippen LogP contribution in [0.25, 0.3) is 0 Å². The lowest BCUT2D eigenvalue weighted by Crippen LogP contribution is -1.90. The normalized spacial score (nSPS) is 9.71. The Morgan fingerprint density at radius 2 is 1.79 bits per heavy atom. The largest absolute Gasteiger partial charge is 0.332 e. The van der Waals surface area contributed by atoms with Crippen LogP contribution in [0.5, 0.6) is 0 Å². The summed E-state index contributed by atoms with van der Waals surface area (Å²) in [4.78, 5) is -0.417. The molecule has 5 heteroatoms. The minimum absolute atomic E-state index is 0.417. The molecule has 1 aromatic carbocycles. The summed E-state index contributed by atoms with van der Waals surface area (Å²) in [5.41, 5.74) is 0.457. The Morgan fingerprint density at radius 3 is 2.21 bits per heavy atom. The Bertz CT molecular complexity index is 529. The molecule has 0 unspecified atom stereocenters. The number of benzene rings is 1. The van der Waals surface area contributed by atoms with Crippen molar-refractivity contribution in [2.24, 2.45) is 0 Å². The van der Waals surface area contributed by atoms with Crippen molar-refractivity contribution >= 4 is 10.2 Å². The molecule has 0 aromatic heterocycles.